The lowest BCUT2D eigenvalue weighted by Crippen LogP contribution is -2.32. The minimum atomic E-state index is -0.0745. The molecule has 1 unspecified atom stereocenters. The number of amides is 1. The largest absolute Gasteiger partial charge is 0.399 e. The smallest absolute Gasteiger partial charge is 0.253 e. The summed E-state index contributed by atoms with van der Waals surface area (Å²) in [5, 5.41) is 11.3. The average Bonchev–Trinajstić information content (AvgIpc) is 2.54. The first kappa shape index (κ1) is 15.5. The molecule has 5 heteroatoms. The van der Waals surface area contributed by atoms with Gasteiger partial charge in [-0.1, -0.05) is 13.0 Å². The summed E-state index contributed by atoms with van der Waals surface area (Å²) < 4.78 is 0. The minimum absolute atomic E-state index is 0.0324. The Bertz CT molecular complexity index is 742. The van der Waals surface area contributed by atoms with Crippen LogP contribution >= 0.6 is 0 Å². The second-order valence-corrected chi connectivity index (χ2v) is 6.08. The van der Waals surface area contributed by atoms with E-state index < -0.39 is 0 Å². The number of nitrogens with two attached hydrogens (primary N) is 1. The second-order valence-electron chi connectivity index (χ2n) is 6.08. The number of nitrogens with one attached hydrogen (secondary N) is 1. The Labute approximate surface area is 136 Å². The van der Waals surface area contributed by atoms with E-state index in [0.717, 1.165) is 36.3 Å². The lowest BCUT2D eigenvalue weighted by Gasteiger charge is -2.27. The van der Waals surface area contributed by atoms with E-state index in [1.807, 2.05) is 38.1 Å². The van der Waals surface area contributed by atoms with Gasteiger partial charge in [0.1, 0.15) is 0 Å². The summed E-state index contributed by atoms with van der Waals surface area (Å²) in [7, 11) is 0. The highest BCUT2D eigenvalue weighted by molar-refractivity contribution is 5.95. The van der Waals surface area contributed by atoms with Crippen LogP contribution in [0.5, 0.6) is 0 Å². The number of carbonyl (C=O) groups is 1. The summed E-state index contributed by atoms with van der Waals surface area (Å²) in [5.41, 5.74) is 11.2. The molecule has 1 aromatic heterocycles. The van der Waals surface area contributed by atoms with Crippen LogP contribution in [-0.4, -0.2) is 16.1 Å². The van der Waals surface area contributed by atoms with Crippen LogP contribution in [0.15, 0.2) is 24.3 Å². The van der Waals surface area contributed by atoms with E-state index in [4.69, 9.17) is 5.73 Å². The minimum Gasteiger partial charge on any atom is -0.399 e. The molecule has 1 heterocycles. The van der Waals surface area contributed by atoms with Gasteiger partial charge in [-0.25, -0.2) is 0 Å². The molecule has 5 nitrogen and oxygen atoms in total. The summed E-state index contributed by atoms with van der Waals surface area (Å²) in [5.74, 6) is -0.0745. The van der Waals surface area contributed by atoms with Crippen LogP contribution in [0.25, 0.3) is 0 Å². The summed E-state index contributed by atoms with van der Waals surface area (Å²) in [6.45, 7) is 3.83. The van der Waals surface area contributed by atoms with Gasteiger partial charge in [-0.3, -0.25) is 4.79 Å². The van der Waals surface area contributed by atoms with Gasteiger partial charge in [0.25, 0.3) is 5.91 Å². The van der Waals surface area contributed by atoms with Crippen molar-refractivity contribution in [3.63, 3.8) is 0 Å². The molecule has 0 radical (unpaired) electrons. The highest BCUT2D eigenvalue weighted by atomic mass is 16.1. The third kappa shape index (κ3) is 3.18. The molecule has 0 spiro atoms. The Hall–Kier alpha value is -2.43. The van der Waals surface area contributed by atoms with Gasteiger partial charge in [0.2, 0.25) is 0 Å². The maximum Gasteiger partial charge on any atom is 0.253 e. The van der Waals surface area contributed by atoms with E-state index in [1.165, 1.54) is 11.1 Å². The molecule has 1 amide bonds. The molecule has 120 valence electrons. The molecule has 2 aromatic rings. The van der Waals surface area contributed by atoms with E-state index in [9.17, 15) is 4.79 Å². The van der Waals surface area contributed by atoms with Gasteiger partial charge in [0, 0.05) is 5.69 Å². The molecule has 0 saturated carbocycles. The summed E-state index contributed by atoms with van der Waals surface area (Å²) in [6.07, 6.45) is 3.70. The predicted molar refractivity (Wildman–Crippen MR) is 90.1 cm³/mol. The predicted octanol–water partition coefficient (Wildman–Crippen LogP) is 2.74. The molecule has 0 bridgehead atoms. The van der Waals surface area contributed by atoms with Crippen LogP contribution in [0.2, 0.25) is 0 Å². The fourth-order valence-corrected chi connectivity index (χ4v) is 3.19. The number of aromatic nitrogens is 2. The molecular formula is C18H22N4O. The Balaban J connectivity index is 1.86. The van der Waals surface area contributed by atoms with Gasteiger partial charge in [0.05, 0.1) is 23.0 Å². The van der Waals surface area contributed by atoms with Crippen molar-refractivity contribution in [1.82, 2.24) is 15.5 Å². The van der Waals surface area contributed by atoms with Crippen LogP contribution in [0, 0.1) is 6.92 Å². The zero-order valence-electron chi connectivity index (χ0n) is 13.6. The number of rotatable bonds is 3. The quantitative estimate of drug-likeness (QED) is 0.854. The normalized spacial score (nSPS) is 16.7. The van der Waals surface area contributed by atoms with Crippen molar-refractivity contribution in [2.75, 3.05) is 5.73 Å². The van der Waals surface area contributed by atoms with E-state index >= 15 is 0 Å². The number of fused-ring (bicyclic) bond motifs is 1. The van der Waals surface area contributed by atoms with Crippen LogP contribution in [0.3, 0.4) is 0 Å². The third-order valence-electron chi connectivity index (χ3n) is 4.36. The van der Waals surface area contributed by atoms with E-state index in [2.05, 4.69) is 15.5 Å². The van der Waals surface area contributed by atoms with Crippen LogP contribution in [-0.2, 0) is 12.8 Å². The van der Waals surface area contributed by atoms with Crippen molar-refractivity contribution in [3.05, 3.63) is 52.3 Å². The first-order valence-electron chi connectivity index (χ1n) is 8.11. The molecular weight excluding hydrogens is 288 g/mol. The van der Waals surface area contributed by atoms with Crippen molar-refractivity contribution in [2.24, 2.45) is 0 Å². The van der Waals surface area contributed by atoms with E-state index in [0.29, 0.717) is 12.0 Å². The lowest BCUT2D eigenvalue weighted by atomic mass is 9.87. The second kappa shape index (κ2) is 6.36. The maximum atomic E-state index is 12.7. The van der Waals surface area contributed by atoms with Gasteiger partial charge < -0.3 is 11.1 Å². The Morgan fingerprint density at radius 1 is 1.35 bits per heavy atom. The van der Waals surface area contributed by atoms with Gasteiger partial charge in [-0.15, -0.1) is 0 Å². The molecule has 3 N–H and O–H groups in total. The SMILES string of the molecule is CCc1nnc(C)cc1C(=O)NC1CCCc2cc(N)ccc21. The topological polar surface area (TPSA) is 80.9 Å². The molecule has 3 rings (SSSR count). The van der Waals surface area contributed by atoms with Crippen LogP contribution < -0.4 is 11.1 Å². The lowest BCUT2D eigenvalue weighted by molar-refractivity contribution is 0.0931. The Morgan fingerprint density at radius 2 is 2.17 bits per heavy atom. The van der Waals surface area contributed by atoms with Gasteiger partial charge >= 0.3 is 0 Å². The number of nitrogen functional groups attached to an aromatic ring is 1. The maximum absolute atomic E-state index is 12.7. The molecule has 0 saturated heterocycles. The highest BCUT2D eigenvalue weighted by Gasteiger charge is 2.23. The first-order chi connectivity index (χ1) is 11.1. The van der Waals surface area contributed by atoms with Crippen molar-refractivity contribution >= 4 is 11.6 Å². The molecule has 0 aliphatic heterocycles. The van der Waals surface area contributed by atoms with Crippen LogP contribution in [0.1, 0.15) is 58.7 Å². The molecule has 1 aliphatic carbocycles. The van der Waals surface area contributed by atoms with E-state index in [1.54, 1.807) is 0 Å². The summed E-state index contributed by atoms with van der Waals surface area (Å²) in [6, 6.07) is 7.80. The number of aryl methyl sites for hydroxylation is 3. The monoisotopic (exact) mass is 310 g/mol. The molecule has 1 atom stereocenters. The Morgan fingerprint density at radius 3 is 2.96 bits per heavy atom. The molecule has 0 fully saturated rings. The zero-order valence-corrected chi connectivity index (χ0v) is 13.6. The standard InChI is InChI=1S/C18H22N4O/c1-3-16-15(9-11(2)21-22-16)18(23)20-17-6-4-5-12-10-13(19)7-8-14(12)17/h7-10,17H,3-6,19H2,1-2H3,(H,20,23). The van der Waals surface area contributed by atoms with Crippen molar-refractivity contribution in [1.29, 1.82) is 0 Å². The molecule has 1 aliphatic rings. The van der Waals surface area contributed by atoms with E-state index in [-0.39, 0.29) is 11.9 Å². The number of hydrogen-bond donors (Lipinski definition) is 2. The fourth-order valence-electron chi connectivity index (χ4n) is 3.19. The van der Waals surface area contributed by atoms with Crippen molar-refractivity contribution in [2.45, 2.75) is 45.6 Å². The third-order valence-corrected chi connectivity index (χ3v) is 4.36. The summed E-state index contributed by atoms with van der Waals surface area (Å²) >= 11 is 0. The van der Waals surface area contributed by atoms with Gasteiger partial charge in [0.15, 0.2) is 0 Å². The average molecular weight is 310 g/mol. The number of carbonyl (C=O) groups excluding carboxylic acids is 1. The summed E-state index contributed by atoms with van der Waals surface area (Å²) in [4.78, 5) is 12.7. The first-order valence-corrected chi connectivity index (χ1v) is 8.11. The fraction of sp³-hybridized carbons (Fsp3) is 0.389. The van der Waals surface area contributed by atoms with Crippen LogP contribution in [0.4, 0.5) is 5.69 Å². The number of benzene rings is 1. The number of hydrogen-bond acceptors (Lipinski definition) is 4. The molecule has 23 heavy (non-hydrogen) atoms. The van der Waals surface area contributed by atoms with Gasteiger partial charge in [-0.2, -0.15) is 10.2 Å². The zero-order chi connectivity index (χ0) is 16.4. The number of nitrogens with zero attached hydrogens (tertiary/aromatic N) is 2. The molecule has 1 aromatic carbocycles. The highest BCUT2D eigenvalue weighted by Crippen LogP contribution is 2.31. The van der Waals surface area contributed by atoms with Crippen molar-refractivity contribution < 1.29 is 4.79 Å². The Kier molecular flexibility index (Phi) is 4.28. The number of anilines is 1. The van der Waals surface area contributed by atoms with Crippen molar-refractivity contribution in [3.8, 4) is 0 Å². The van der Waals surface area contributed by atoms with Gasteiger partial charge in [-0.05, 0) is 61.9 Å².